The predicted octanol–water partition coefficient (Wildman–Crippen LogP) is 1.72. The Kier molecular flexibility index (Phi) is 3.70. The van der Waals surface area contributed by atoms with Crippen LogP contribution in [-0.4, -0.2) is 22.7 Å². The Labute approximate surface area is 128 Å². The predicted molar refractivity (Wildman–Crippen MR) is 83.6 cm³/mol. The molecule has 0 aliphatic rings. The van der Waals surface area contributed by atoms with Crippen LogP contribution in [0.3, 0.4) is 0 Å². The van der Waals surface area contributed by atoms with E-state index in [0.29, 0.717) is 5.82 Å². The molecular weight excluding hydrogens is 276 g/mol. The van der Waals surface area contributed by atoms with Crippen LogP contribution in [-0.2, 0) is 7.05 Å². The molecule has 3 aromatic rings. The van der Waals surface area contributed by atoms with Crippen molar-refractivity contribution in [2.45, 2.75) is 0 Å². The highest BCUT2D eigenvalue weighted by Gasteiger charge is 2.29. The van der Waals surface area contributed by atoms with Gasteiger partial charge in [0.2, 0.25) is 0 Å². The topological polar surface area (TPSA) is 50.8 Å². The fraction of sp³-hybridized carbons (Fsp3) is 0.118. The fourth-order valence-electron chi connectivity index (χ4n) is 2.41. The molecule has 1 N–H and O–H groups in total. The Morgan fingerprint density at radius 1 is 1.05 bits per heavy atom. The zero-order valence-electron chi connectivity index (χ0n) is 12.5. The third-order valence-corrected chi connectivity index (χ3v) is 3.49. The third kappa shape index (κ3) is 2.37. The number of para-hydroxylation sites is 1. The highest BCUT2D eigenvalue weighted by molar-refractivity contribution is 5.89. The van der Waals surface area contributed by atoms with Gasteiger partial charge >= 0.3 is 11.7 Å². The summed E-state index contributed by atoms with van der Waals surface area (Å²) >= 11 is 0. The van der Waals surface area contributed by atoms with E-state index in [0.717, 1.165) is 17.1 Å². The van der Waals surface area contributed by atoms with Crippen LogP contribution in [0.5, 0.6) is 0 Å². The first-order valence-corrected chi connectivity index (χ1v) is 7.04. The van der Waals surface area contributed by atoms with Gasteiger partial charge in [-0.3, -0.25) is 4.79 Å². The van der Waals surface area contributed by atoms with E-state index in [-0.39, 0.29) is 5.91 Å². The number of aromatic nitrogens is 3. The van der Waals surface area contributed by atoms with Crippen molar-refractivity contribution in [1.29, 1.82) is 0 Å². The smallest absolute Gasteiger partial charge is 0.350 e. The number of hydrogen-bond acceptors (Lipinski definition) is 2. The van der Waals surface area contributed by atoms with Crippen LogP contribution in [0.15, 0.2) is 60.7 Å². The van der Waals surface area contributed by atoms with E-state index in [1.807, 2.05) is 67.7 Å². The molecule has 0 atom stereocenters. The molecule has 22 heavy (non-hydrogen) atoms. The molecule has 0 fully saturated rings. The minimum absolute atomic E-state index is 0.214. The van der Waals surface area contributed by atoms with Gasteiger partial charge in [-0.05, 0) is 24.3 Å². The number of hydrogen-bond donors (Lipinski definition) is 1. The minimum Gasteiger partial charge on any atom is -0.350 e. The lowest BCUT2D eigenvalue weighted by Crippen LogP contribution is -2.39. The highest BCUT2D eigenvalue weighted by atomic mass is 16.2. The third-order valence-electron chi connectivity index (χ3n) is 3.49. The van der Waals surface area contributed by atoms with Gasteiger partial charge in [0.05, 0.1) is 17.7 Å². The molecule has 0 bridgehead atoms. The quantitative estimate of drug-likeness (QED) is 0.748. The number of rotatable bonds is 3. The number of amides is 1. The van der Waals surface area contributed by atoms with Crippen molar-refractivity contribution in [3.05, 3.63) is 66.5 Å². The lowest BCUT2D eigenvalue weighted by Gasteiger charge is -2.01. The van der Waals surface area contributed by atoms with E-state index in [9.17, 15) is 4.79 Å². The van der Waals surface area contributed by atoms with Gasteiger partial charge < -0.3 is 5.32 Å². The van der Waals surface area contributed by atoms with Gasteiger partial charge in [-0.15, -0.1) is 0 Å². The van der Waals surface area contributed by atoms with E-state index in [4.69, 9.17) is 0 Å². The number of carbonyl (C=O) groups is 1. The van der Waals surface area contributed by atoms with Gasteiger partial charge in [-0.1, -0.05) is 41.1 Å². The van der Waals surface area contributed by atoms with Crippen molar-refractivity contribution >= 4 is 5.91 Å². The molecule has 5 heteroatoms. The number of carbonyl (C=O) groups excluding carboxylic acids is 1. The Hall–Kier alpha value is -2.95. The largest absolute Gasteiger partial charge is 0.367 e. The fourth-order valence-corrected chi connectivity index (χ4v) is 2.41. The molecular formula is C17H17N4O+. The Morgan fingerprint density at radius 2 is 1.64 bits per heavy atom. The van der Waals surface area contributed by atoms with E-state index in [1.54, 1.807) is 16.3 Å². The van der Waals surface area contributed by atoms with Crippen LogP contribution in [0.1, 0.15) is 10.6 Å². The van der Waals surface area contributed by atoms with Crippen LogP contribution in [0.2, 0.25) is 0 Å². The summed E-state index contributed by atoms with van der Waals surface area (Å²) in [5, 5.41) is 7.12. The van der Waals surface area contributed by atoms with E-state index >= 15 is 0 Å². The Balaban J connectivity index is 2.26. The summed E-state index contributed by atoms with van der Waals surface area (Å²) in [7, 11) is 3.45. The van der Waals surface area contributed by atoms with Crippen LogP contribution in [0.25, 0.3) is 17.1 Å². The molecule has 0 radical (unpaired) electrons. The molecule has 0 saturated heterocycles. The van der Waals surface area contributed by atoms with Crippen molar-refractivity contribution in [1.82, 2.24) is 15.1 Å². The van der Waals surface area contributed by atoms with Crippen molar-refractivity contribution in [3.8, 4) is 17.1 Å². The Bertz CT molecular complexity index is 794. The second kappa shape index (κ2) is 5.81. The Morgan fingerprint density at radius 3 is 2.23 bits per heavy atom. The van der Waals surface area contributed by atoms with Crippen LogP contribution in [0.4, 0.5) is 0 Å². The second-order valence-electron chi connectivity index (χ2n) is 4.90. The molecule has 0 unspecified atom stereocenters. The second-order valence-corrected chi connectivity index (χ2v) is 4.90. The SMILES string of the molecule is CNC(=O)c1nn(-c2ccccc2)c(-c2ccccc2)[n+]1C. The maximum Gasteiger partial charge on any atom is 0.367 e. The average Bonchev–Trinajstić information content (AvgIpc) is 2.93. The lowest BCUT2D eigenvalue weighted by atomic mass is 10.2. The minimum atomic E-state index is -0.214. The van der Waals surface area contributed by atoms with Gasteiger partial charge in [-0.2, -0.15) is 0 Å². The molecule has 0 spiro atoms. The first kappa shape index (κ1) is 14.0. The normalized spacial score (nSPS) is 10.5. The summed E-state index contributed by atoms with van der Waals surface area (Å²) in [4.78, 5) is 12.1. The molecule has 110 valence electrons. The average molecular weight is 293 g/mol. The first-order chi connectivity index (χ1) is 10.7. The molecule has 0 aliphatic carbocycles. The highest BCUT2D eigenvalue weighted by Crippen LogP contribution is 2.19. The number of nitrogens with one attached hydrogen (secondary N) is 1. The first-order valence-electron chi connectivity index (χ1n) is 7.04. The molecule has 1 heterocycles. The molecule has 1 amide bonds. The van der Waals surface area contributed by atoms with Gasteiger partial charge in [0.1, 0.15) is 5.69 Å². The van der Waals surface area contributed by atoms with Crippen LogP contribution < -0.4 is 9.88 Å². The maximum absolute atomic E-state index is 12.1. The van der Waals surface area contributed by atoms with Crippen LogP contribution in [0, 0.1) is 0 Å². The monoisotopic (exact) mass is 293 g/mol. The van der Waals surface area contributed by atoms with E-state index in [1.165, 1.54) is 0 Å². The molecule has 2 aromatic carbocycles. The summed E-state index contributed by atoms with van der Waals surface area (Å²) in [5.74, 6) is 1.00. The number of benzene rings is 2. The van der Waals surface area contributed by atoms with Crippen molar-refractivity contribution in [2.75, 3.05) is 7.05 Å². The van der Waals surface area contributed by atoms with Crippen LogP contribution >= 0.6 is 0 Å². The molecule has 0 saturated carbocycles. The molecule has 5 nitrogen and oxygen atoms in total. The summed E-state index contributed by atoms with van der Waals surface area (Å²) in [6, 6.07) is 19.7. The van der Waals surface area contributed by atoms with E-state index < -0.39 is 0 Å². The van der Waals surface area contributed by atoms with Crippen molar-refractivity contribution in [2.24, 2.45) is 7.05 Å². The van der Waals surface area contributed by atoms with Crippen molar-refractivity contribution in [3.63, 3.8) is 0 Å². The van der Waals surface area contributed by atoms with Gasteiger partial charge in [-0.25, -0.2) is 4.57 Å². The van der Waals surface area contributed by atoms with E-state index in [2.05, 4.69) is 10.4 Å². The lowest BCUT2D eigenvalue weighted by molar-refractivity contribution is -0.662. The molecule has 3 rings (SSSR count). The number of nitrogens with zero attached hydrogens (tertiary/aromatic N) is 3. The molecule has 1 aromatic heterocycles. The zero-order valence-corrected chi connectivity index (χ0v) is 12.5. The maximum atomic E-state index is 12.1. The zero-order chi connectivity index (χ0) is 15.5. The summed E-state index contributed by atoms with van der Waals surface area (Å²) in [6.45, 7) is 0. The van der Waals surface area contributed by atoms with Gasteiger partial charge in [0.25, 0.3) is 5.82 Å². The summed E-state index contributed by atoms with van der Waals surface area (Å²) in [6.07, 6.45) is 0. The van der Waals surface area contributed by atoms with Gasteiger partial charge in [0, 0.05) is 7.05 Å². The van der Waals surface area contributed by atoms with Gasteiger partial charge in [0.15, 0.2) is 0 Å². The standard InChI is InChI=1S/C17H16N4O/c1-18-16(22)15-19-21(14-11-7-4-8-12-14)17(20(15)2)13-9-5-3-6-10-13/h3-12H,1-2H3/p+1. The summed E-state index contributed by atoms with van der Waals surface area (Å²) < 4.78 is 3.60. The molecule has 0 aliphatic heterocycles. The van der Waals surface area contributed by atoms with Crippen molar-refractivity contribution < 1.29 is 9.36 Å². The summed E-state index contributed by atoms with van der Waals surface area (Å²) in [5.41, 5.74) is 1.91.